The fourth-order valence-electron chi connectivity index (χ4n) is 3.39. The number of piperazine rings is 1. The molecule has 1 fully saturated rings. The fraction of sp³-hybridized carbons (Fsp3) is 0.421. The monoisotopic (exact) mass is 345 g/mol. The van der Waals surface area contributed by atoms with Gasteiger partial charge in [-0.3, -0.25) is 4.90 Å². The van der Waals surface area contributed by atoms with Gasteiger partial charge in [-0.05, 0) is 18.2 Å². The van der Waals surface area contributed by atoms with Gasteiger partial charge in [0.25, 0.3) is 5.82 Å². The van der Waals surface area contributed by atoms with Gasteiger partial charge < -0.3 is 19.1 Å². The number of nitrogens with zero attached hydrogens (tertiary/aromatic N) is 1. The number of ether oxygens (including phenoxy) is 3. The third-order valence-corrected chi connectivity index (χ3v) is 4.73. The number of anilines is 1. The number of benzene rings is 1. The SMILES string of the molecule is COc1ccc(C[NH+]2CCN(c3cccc[nH+]3)CC2)c(OC)c1OC. The molecule has 0 amide bonds. The Bertz CT molecular complexity index is 686. The van der Waals surface area contributed by atoms with E-state index in [2.05, 4.69) is 28.1 Å². The van der Waals surface area contributed by atoms with Crippen LogP contribution in [-0.4, -0.2) is 47.5 Å². The maximum atomic E-state index is 5.61. The van der Waals surface area contributed by atoms with Crippen LogP contribution in [0.4, 0.5) is 5.82 Å². The molecule has 1 saturated heterocycles. The van der Waals surface area contributed by atoms with E-state index < -0.39 is 0 Å². The Morgan fingerprint density at radius 2 is 1.72 bits per heavy atom. The van der Waals surface area contributed by atoms with Crippen LogP contribution >= 0.6 is 0 Å². The zero-order valence-corrected chi connectivity index (χ0v) is 15.2. The molecular weight excluding hydrogens is 318 g/mol. The van der Waals surface area contributed by atoms with E-state index in [0.717, 1.165) is 44.0 Å². The molecule has 3 rings (SSSR count). The number of hydrogen-bond acceptors (Lipinski definition) is 4. The van der Waals surface area contributed by atoms with Crippen molar-refractivity contribution in [2.24, 2.45) is 0 Å². The molecule has 6 nitrogen and oxygen atoms in total. The molecule has 6 heteroatoms. The summed E-state index contributed by atoms with van der Waals surface area (Å²) in [5.74, 6) is 3.32. The van der Waals surface area contributed by atoms with E-state index in [-0.39, 0.29) is 0 Å². The van der Waals surface area contributed by atoms with Crippen LogP contribution in [0.1, 0.15) is 5.56 Å². The molecule has 2 heterocycles. The normalized spacial score (nSPS) is 15.1. The number of rotatable bonds is 6. The first-order valence-electron chi connectivity index (χ1n) is 8.60. The molecule has 1 aromatic carbocycles. The largest absolute Gasteiger partial charge is 0.493 e. The highest BCUT2D eigenvalue weighted by Gasteiger charge is 2.27. The van der Waals surface area contributed by atoms with Gasteiger partial charge in [-0.2, -0.15) is 0 Å². The lowest BCUT2D eigenvalue weighted by atomic mass is 10.1. The lowest BCUT2D eigenvalue weighted by Crippen LogP contribution is -3.13. The standard InChI is InChI=1S/C19H25N3O3/c1-23-16-8-7-15(18(24-2)19(16)25-3)14-21-10-12-22(13-11-21)17-6-4-5-9-20-17/h4-9H,10-14H2,1-3H3/p+2. The van der Waals surface area contributed by atoms with E-state index in [1.165, 1.54) is 10.7 Å². The summed E-state index contributed by atoms with van der Waals surface area (Å²) >= 11 is 0. The Labute approximate surface area is 148 Å². The Morgan fingerprint density at radius 3 is 2.32 bits per heavy atom. The van der Waals surface area contributed by atoms with Gasteiger partial charge in [0.1, 0.15) is 32.7 Å². The molecule has 2 N–H and O–H groups in total. The second kappa shape index (κ2) is 8.07. The highest BCUT2D eigenvalue weighted by Crippen LogP contribution is 2.39. The third kappa shape index (κ3) is 3.79. The number of quaternary nitrogens is 1. The first-order chi connectivity index (χ1) is 12.3. The van der Waals surface area contributed by atoms with Crippen LogP contribution < -0.4 is 29.0 Å². The van der Waals surface area contributed by atoms with Gasteiger partial charge in [0.2, 0.25) is 5.75 Å². The Morgan fingerprint density at radius 1 is 0.960 bits per heavy atom. The minimum Gasteiger partial charge on any atom is -0.493 e. The van der Waals surface area contributed by atoms with Crippen molar-refractivity contribution in [2.75, 3.05) is 52.4 Å². The maximum absolute atomic E-state index is 5.61. The minimum absolute atomic E-state index is 0.666. The Kier molecular flexibility index (Phi) is 5.60. The maximum Gasteiger partial charge on any atom is 0.274 e. The average molecular weight is 345 g/mol. The smallest absolute Gasteiger partial charge is 0.274 e. The van der Waals surface area contributed by atoms with Crippen LogP contribution in [0.25, 0.3) is 0 Å². The molecular formula is C19H27N3O3+2. The van der Waals surface area contributed by atoms with Gasteiger partial charge in [0.05, 0.1) is 33.1 Å². The number of methoxy groups -OCH3 is 3. The summed E-state index contributed by atoms with van der Waals surface area (Å²) in [6.45, 7) is 5.15. The zero-order valence-electron chi connectivity index (χ0n) is 15.2. The molecule has 1 aromatic heterocycles. The molecule has 0 atom stereocenters. The molecule has 0 spiro atoms. The summed E-state index contributed by atoms with van der Waals surface area (Å²) in [5, 5.41) is 0. The van der Waals surface area contributed by atoms with E-state index in [4.69, 9.17) is 14.2 Å². The molecule has 0 aliphatic carbocycles. The van der Waals surface area contributed by atoms with Crippen molar-refractivity contribution < 1.29 is 24.1 Å². The Balaban J connectivity index is 1.68. The van der Waals surface area contributed by atoms with Crippen LogP contribution in [0.15, 0.2) is 36.5 Å². The summed E-state index contributed by atoms with van der Waals surface area (Å²) < 4.78 is 16.5. The second-order valence-electron chi connectivity index (χ2n) is 6.16. The van der Waals surface area contributed by atoms with Gasteiger partial charge in [-0.15, -0.1) is 0 Å². The number of pyridine rings is 1. The van der Waals surface area contributed by atoms with Crippen LogP contribution in [0.3, 0.4) is 0 Å². The van der Waals surface area contributed by atoms with Gasteiger partial charge >= 0.3 is 0 Å². The lowest BCUT2D eigenvalue weighted by molar-refractivity contribution is -0.914. The minimum atomic E-state index is 0.666. The first-order valence-corrected chi connectivity index (χ1v) is 8.60. The summed E-state index contributed by atoms with van der Waals surface area (Å²) in [4.78, 5) is 7.25. The van der Waals surface area contributed by atoms with Gasteiger partial charge in [-0.25, -0.2) is 4.98 Å². The van der Waals surface area contributed by atoms with Crippen LogP contribution in [0.5, 0.6) is 17.2 Å². The van der Waals surface area contributed by atoms with Crippen molar-refractivity contribution in [3.05, 3.63) is 42.1 Å². The van der Waals surface area contributed by atoms with Crippen molar-refractivity contribution >= 4 is 5.82 Å². The predicted octanol–water partition coefficient (Wildman–Crippen LogP) is 0.432. The predicted molar refractivity (Wildman–Crippen MR) is 95.7 cm³/mol. The van der Waals surface area contributed by atoms with Crippen molar-refractivity contribution in [3.8, 4) is 17.2 Å². The number of aromatic amines is 1. The molecule has 1 aliphatic rings. The molecule has 0 saturated carbocycles. The van der Waals surface area contributed by atoms with E-state index in [1.54, 1.807) is 21.3 Å². The third-order valence-electron chi connectivity index (χ3n) is 4.73. The number of H-pyrrole nitrogens is 1. The van der Waals surface area contributed by atoms with Gasteiger partial charge in [-0.1, -0.05) is 6.07 Å². The highest BCUT2D eigenvalue weighted by molar-refractivity contribution is 5.55. The number of hydrogen-bond donors (Lipinski definition) is 1. The Hall–Kier alpha value is -2.47. The van der Waals surface area contributed by atoms with Crippen LogP contribution in [0, 0.1) is 0 Å². The molecule has 0 unspecified atom stereocenters. The lowest BCUT2D eigenvalue weighted by Gasteiger charge is -2.29. The zero-order chi connectivity index (χ0) is 17.6. The van der Waals surface area contributed by atoms with Crippen molar-refractivity contribution in [1.82, 2.24) is 0 Å². The summed E-state index contributed by atoms with van der Waals surface area (Å²) in [6, 6.07) is 10.2. The average Bonchev–Trinajstić information content (AvgIpc) is 2.68. The molecule has 0 bridgehead atoms. The van der Waals surface area contributed by atoms with E-state index in [1.807, 2.05) is 18.3 Å². The van der Waals surface area contributed by atoms with E-state index in [0.29, 0.717) is 11.5 Å². The molecule has 2 aromatic rings. The molecule has 0 radical (unpaired) electrons. The van der Waals surface area contributed by atoms with Crippen LogP contribution in [-0.2, 0) is 6.54 Å². The van der Waals surface area contributed by atoms with Crippen LogP contribution in [0.2, 0.25) is 0 Å². The number of aromatic nitrogens is 1. The van der Waals surface area contributed by atoms with Gasteiger partial charge in [0.15, 0.2) is 11.5 Å². The summed E-state index contributed by atoms with van der Waals surface area (Å²) in [5.41, 5.74) is 1.15. The van der Waals surface area contributed by atoms with E-state index in [9.17, 15) is 0 Å². The van der Waals surface area contributed by atoms with Gasteiger partial charge in [0, 0.05) is 6.07 Å². The molecule has 134 valence electrons. The second-order valence-corrected chi connectivity index (χ2v) is 6.16. The van der Waals surface area contributed by atoms with Crippen molar-refractivity contribution in [3.63, 3.8) is 0 Å². The van der Waals surface area contributed by atoms with Crippen molar-refractivity contribution in [1.29, 1.82) is 0 Å². The van der Waals surface area contributed by atoms with Crippen molar-refractivity contribution in [2.45, 2.75) is 6.54 Å². The summed E-state index contributed by atoms with van der Waals surface area (Å²) in [6.07, 6.45) is 1.98. The fourth-order valence-corrected chi connectivity index (χ4v) is 3.39. The highest BCUT2D eigenvalue weighted by atomic mass is 16.5. The number of nitrogens with one attached hydrogen (secondary N) is 2. The van der Waals surface area contributed by atoms with E-state index >= 15 is 0 Å². The molecule has 25 heavy (non-hydrogen) atoms. The molecule has 1 aliphatic heterocycles. The quantitative estimate of drug-likeness (QED) is 0.825. The topological polar surface area (TPSA) is 49.5 Å². The first kappa shape index (κ1) is 17.4. The summed E-state index contributed by atoms with van der Waals surface area (Å²) in [7, 11) is 4.97.